The summed E-state index contributed by atoms with van der Waals surface area (Å²) in [6.07, 6.45) is 1.23. The lowest BCUT2D eigenvalue weighted by Gasteiger charge is -2.36. The van der Waals surface area contributed by atoms with Crippen LogP contribution in [0.15, 0.2) is 89.9 Å². The van der Waals surface area contributed by atoms with Gasteiger partial charge in [0.25, 0.3) is 0 Å². The average Bonchev–Trinajstić information content (AvgIpc) is 3.50. The minimum Gasteiger partial charge on any atom is -0.360 e. The molecule has 6 rings (SSSR count). The molecule has 0 saturated carbocycles. The SMILES string of the molecule is C[C@](c1ccc(F)cc1F)(n1nn[nH]c1=O)C(F)(F)c1ccc(-c2ccc(N3CCN(c4ccc(C#N)cc4)C(=O)C3)cc2)cn1. The Labute approximate surface area is 259 Å². The first kappa shape index (κ1) is 30.2. The molecule has 3 heterocycles. The van der Waals surface area contributed by atoms with Crippen LogP contribution < -0.4 is 15.5 Å². The van der Waals surface area contributed by atoms with E-state index in [1.165, 1.54) is 12.3 Å². The first-order valence-electron chi connectivity index (χ1n) is 14.0. The van der Waals surface area contributed by atoms with Gasteiger partial charge in [-0.2, -0.15) is 18.7 Å². The molecule has 0 bridgehead atoms. The number of nitrogens with zero attached hydrogens (tertiary/aromatic N) is 7. The monoisotopic (exact) mass is 628 g/mol. The standard InChI is InChI=1S/C32H24F4N8O2/c1-31(44-30(46)39-40-41-44,26-12-7-23(33)16-27(26)34)32(35,36)28-13-6-22(18-38-28)21-4-10-24(11-5-21)42-14-15-43(29(45)19-42)25-8-2-20(17-37)3-9-25/h2-13,16,18H,14-15,19H2,1H3,(H,39,41,46)/t31-/m1/s1. The second-order valence-corrected chi connectivity index (χ2v) is 10.8. The molecule has 1 amide bonds. The molecule has 46 heavy (non-hydrogen) atoms. The summed E-state index contributed by atoms with van der Waals surface area (Å²) >= 11 is 0. The van der Waals surface area contributed by atoms with Gasteiger partial charge in [0.05, 0.1) is 18.2 Å². The number of anilines is 2. The normalized spacial score (nSPS) is 15.0. The van der Waals surface area contributed by atoms with Crippen molar-refractivity contribution in [3.05, 3.63) is 124 Å². The predicted octanol–water partition coefficient (Wildman–Crippen LogP) is 4.59. The number of benzene rings is 3. The van der Waals surface area contributed by atoms with Gasteiger partial charge in [-0.1, -0.05) is 24.3 Å². The molecule has 5 aromatic rings. The number of nitrogens with one attached hydrogen (secondary N) is 1. The number of halogens is 4. The van der Waals surface area contributed by atoms with Crippen LogP contribution in [0.25, 0.3) is 11.1 Å². The molecule has 2 aromatic heterocycles. The van der Waals surface area contributed by atoms with Gasteiger partial charge in [0.2, 0.25) is 5.91 Å². The van der Waals surface area contributed by atoms with Gasteiger partial charge in [-0.15, -0.1) is 0 Å². The Morgan fingerprint density at radius 3 is 2.17 bits per heavy atom. The van der Waals surface area contributed by atoms with E-state index in [0.717, 1.165) is 36.5 Å². The molecule has 3 aromatic carbocycles. The lowest BCUT2D eigenvalue weighted by molar-refractivity contribution is -0.117. The zero-order chi connectivity index (χ0) is 32.6. The Morgan fingerprint density at radius 2 is 1.59 bits per heavy atom. The van der Waals surface area contributed by atoms with Crippen LogP contribution in [-0.4, -0.2) is 50.7 Å². The highest BCUT2D eigenvalue weighted by molar-refractivity contribution is 5.97. The first-order valence-corrected chi connectivity index (χ1v) is 14.0. The molecule has 1 saturated heterocycles. The molecule has 0 radical (unpaired) electrons. The molecule has 0 aliphatic carbocycles. The van der Waals surface area contributed by atoms with Gasteiger partial charge >= 0.3 is 11.6 Å². The van der Waals surface area contributed by atoms with E-state index in [1.54, 1.807) is 41.3 Å². The third kappa shape index (κ3) is 5.15. The van der Waals surface area contributed by atoms with E-state index in [1.807, 2.05) is 22.1 Å². The van der Waals surface area contributed by atoms with Crippen LogP contribution in [0.1, 0.15) is 23.7 Å². The highest BCUT2D eigenvalue weighted by atomic mass is 19.3. The third-order valence-electron chi connectivity index (χ3n) is 8.14. The van der Waals surface area contributed by atoms with Crippen molar-refractivity contribution in [2.45, 2.75) is 18.4 Å². The van der Waals surface area contributed by atoms with E-state index >= 15 is 8.78 Å². The lowest BCUT2D eigenvalue weighted by atomic mass is 9.83. The van der Waals surface area contributed by atoms with Crippen molar-refractivity contribution in [3.8, 4) is 17.2 Å². The number of carbonyl (C=O) groups excluding carboxylic acids is 1. The molecule has 1 N–H and O–H groups in total. The maximum absolute atomic E-state index is 16.3. The molecular weight excluding hydrogens is 604 g/mol. The van der Waals surface area contributed by atoms with Gasteiger partial charge in [-0.05, 0) is 71.4 Å². The van der Waals surface area contributed by atoms with Crippen LogP contribution in [0.4, 0.5) is 28.9 Å². The highest BCUT2D eigenvalue weighted by Crippen LogP contribution is 2.47. The first-order chi connectivity index (χ1) is 22.0. The van der Waals surface area contributed by atoms with Crippen LogP contribution in [0.5, 0.6) is 0 Å². The van der Waals surface area contributed by atoms with E-state index in [9.17, 15) is 18.4 Å². The van der Waals surface area contributed by atoms with Crippen LogP contribution in [-0.2, 0) is 16.3 Å². The van der Waals surface area contributed by atoms with Crippen LogP contribution in [0, 0.1) is 23.0 Å². The molecular formula is C32H24F4N8O2. The fourth-order valence-electron chi connectivity index (χ4n) is 5.54. The minimum absolute atomic E-state index is 0.0962. The number of alkyl halides is 2. The fourth-order valence-corrected chi connectivity index (χ4v) is 5.54. The van der Waals surface area contributed by atoms with Gasteiger partial charge < -0.3 is 9.80 Å². The summed E-state index contributed by atoms with van der Waals surface area (Å²) in [5.74, 6) is -6.40. The molecule has 0 spiro atoms. The van der Waals surface area contributed by atoms with Crippen molar-refractivity contribution in [1.29, 1.82) is 5.26 Å². The van der Waals surface area contributed by atoms with E-state index in [-0.39, 0.29) is 12.5 Å². The number of H-pyrrole nitrogens is 1. The fraction of sp³-hybridized carbons (Fsp3) is 0.188. The van der Waals surface area contributed by atoms with Crippen molar-refractivity contribution in [2.24, 2.45) is 0 Å². The smallest absolute Gasteiger partial charge is 0.360 e. The summed E-state index contributed by atoms with van der Waals surface area (Å²) in [6, 6.07) is 20.6. The molecule has 10 nitrogen and oxygen atoms in total. The summed E-state index contributed by atoms with van der Waals surface area (Å²) < 4.78 is 61.5. The summed E-state index contributed by atoms with van der Waals surface area (Å²) in [5.41, 5.74) is -2.18. The maximum Gasteiger partial charge on any atom is 0.362 e. The Hall–Kier alpha value is -5.84. The van der Waals surface area contributed by atoms with Gasteiger partial charge in [0.15, 0.2) is 5.54 Å². The zero-order valence-electron chi connectivity index (χ0n) is 24.2. The van der Waals surface area contributed by atoms with Gasteiger partial charge in [-0.25, -0.2) is 18.7 Å². The number of aromatic amines is 1. The number of hydrogen-bond acceptors (Lipinski definition) is 7. The lowest BCUT2D eigenvalue weighted by Crippen LogP contribution is -2.52. The number of hydrogen-bond donors (Lipinski definition) is 1. The average molecular weight is 629 g/mol. The van der Waals surface area contributed by atoms with Crippen molar-refractivity contribution in [2.75, 3.05) is 29.4 Å². The number of nitriles is 1. The maximum atomic E-state index is 16.3. The summed E-state index contributed by atoms with van der Waals surface area (Å²) in [6.45, 7) is 2.06. The second kappa shape index (κ2) is 11.6. The highest BCUT2D eigenvalue weighted by Gasteiger charge is 2.58. The topological polar surface area (TPSA) is 124 Å². The van der Waals surface area contributed by atoms with E-state index in [4.69, 9.17) is 5.26 Å². The summed E-state index contributed by atoms with van der Waals surface area (Å²) in [7, 11) is 0. The Bertz CT molecular complexity index is 2000. The number of carbonyl (C=O) groups is 1. The van der Waals surface area contributed by atoms with Gasteiger partial charge in [-0.3, -0.25) is 9.78 Å². The molecule has 1 atom stereocenters. The van der Waals surface area contributed by atoms with Crippen molar-refractivity contribution in [1.82, 2.24) is 25.2 Å². The Kier molecular flexibility index (Phi) is 7.60. The molecule has 1 aliphatic rings. The minimum atomic E-state index is -4.03. The Morgan fingerprint density at radius 1 is 0.891 bits per heavy atom. The number of rotatable bonds is 7. The number of amides is 1. The molecule has 1 fully saturated rings. The molecule has 14 heteroatoms. The van der Waals surface area contributed by atoms with Crippen molar-refractivity contribution >= 4 is 17.3 Å². The largest absolute Gasteiger partial charge is 0.362 e. The van der Waals surface area contributed by atoms with E-state index in [0.29, 0.717) is 40.5 Å². The van der Waals surface area contributed by atoms with Crippen molar-refractivity contribution < 1.29 is 22.4 Å². The van der Waals surface area contributed by atoms with E-state index in [2.05, 4.69) is 21.5 Å². The van der Waals surface area contributed by atoms with Crippen LogP contribution in [0.2, 0.25) is 0 Å². The number of piperazine rings is 1. The van der Waals surface area contributed by atoms with Gasteiger partial charge in [0, 0.05) is 47.9 Å². The molecule has 0 unspecified atom stereocenters. The number of pyridine rings is 1. The third-order valence-corrected chi connectivity index (χ3v) is 8.14. The van der Waals surface area contributed by atoms with Gasteiger partial charge in [0.1, 0.15) is 17.3 Å². The van der Waals surface area contributed by atoms with Crippen molar-refractivity contribution in [3.63, 3.8) is 0 Å². The predicted molar refractivity (Wildman–Crippen MR) is 159 cm³/mol. The van der Waals surface area contributed by atoms with Crippen LogP contribution in [0.3, 0.4) is 0 Å². The quantitative estimate of drug-likeness (QED) is 0.262. The zero-order valence-corrected chi connectivity index (χ0v) is 24.2. The Balaban J connectivity index is 1.22. The van der Waals surface area contributed by atoms with Crippen LogP contribution >= 0.6 is 0 Å². The number of aromatic nitrogens is 5. The summed E-state index contributed by atoms with van der Waals surface area (Å²) in [5, 5.41) is 17.7. The molecule has 232 valence electrons. The van der Waals surface area contributed by atoms with E-state index < -0.39 is 40.0 Å². The number of tetrazole rings is 1. The molecule has 1 aliphatic heterocycles. The second-order valence-electron chi connectivity index (χ2n) is 10.8. The summed E-state index contributed by atoms with van der Waals surface area (Å²) in [4.78, 5) is 32.9.